The number of benzene rings is 1. The number of nitrogens with zero attached hydrogens (tertiary/aromatic N) is 1. The molecule has 0 N–H and O–H groups in total. The summed E-state index contributed by atoms with van der Waals surface area (Å²) in [6, 6.07) is 7.09. The van der Waals surface area contributed by atoms with Crippen molar-refractivity contribution in [3.05, 3.63) is 34.6 Å². The molecule has 3 heteroatoms. The number of halogens is 2. The number of hydrogen-bond donors (Lipinski definition) is 0. The SMILES string of the molecule is N#CC1(c2c(F)cccc2Cl)CC2(CCCCCC2)C1. The first kappa shape index (κ1) is 13.9. The molecule has 1 spiro atoms. The zero-order chi connectivity index (χ0) is 14.2. The molecular weight excluding hydrogens is 273 g/mol. The Balaban J connectivity index is 1.91. The number of rotatable bonds is 1. The topological polar surface area (TPSA) is 23.8 Å². The third-order valence-electron chi connectivity index (χ3n) is 5.17. The molecule has 1 nitrogen and oxygen atoms in total. The van der Waals surface area contributed by atoms with Crippen molar-refractivity contribution in [3.8, 4) is 6.07 Å². The second-order valence-corrected chi connectivity index (χ2v) is 6.97. The standard InChI is InChI=1S/C17H19ClFN/c18-13-6-5-7-14(19)15(13)17(12-20)10-16(11-17)8-3-1-2-4-9-16/h5-7H,1-4,8-11H2. The molecule has 0 heterocycles. The van der Waals surface area contributed by atoms with E-state index in [9.17, 15) is 9.65 Å². The van der Waals surface area contributed by atoms with E-state index < -0.39 is 5.41 Å². The van der Waals surface area contributed by atoms with Gasteiger partial charge in [-0.3, -0.25) is 0 Å². The van der Waals surface area contributed by atoms with Gasteiger partial charge in [0.05, 0.1) is 11.5 Å². The van der Waals surface area contributed by atoms with E-state index in [1.807, 2.05) is 0 Å². The summed E-state index contributed by atoms with van der Waals surface area (Å²) >= 11 is 6.17. The van der Waals surface area contributed by atoms with Crippen molar-refractivity contribution in [2.45, 2.75) is 56.8 Å². The summed E-state index contributed by atoms with van der Waals surface area (Å²) in [4.78, 5) is 0. The van der Waals surface area contributed by atoms with Crippen LogP contribution in [0.4, 0.5) is 4.39 Å². The summed E-state index contributed by atoms with van der Waals surface area (Å²) < 4.78 is 14.2. The Kier molecular flexibility index (Phi) is 3.50. The Morgan fingerprint density at radius 3 is 2.30 bits per heavy atom. The van der Waals surface area contributed by atoms with E-state index in [4.69, 9.17) is 11.6 Å². The number of nitriles is 1. The molecule has 0 amide bonds. The molecule has 20 heavy (non-hydrogen) atoms. The molecule has 1 aromatic carbocycles. The molecule has 3 rings (SSSR count). The summed E-state index contributed by atoms with van der Waals surface area (Å²) in [6.45, 7) is 0. The molecule has 2 saturated carbocycles. The summed E-state index contributed by atoms with van der Waals surface area (Å²) in [7, 11) is 0. The van der Waals surface area contributed by atoms with E-state index in [1.54, 1.807) is 12.1 Å². The largest absolute Gasteiger partial charge is 0.207 e. The average molecular weight is 292 g/mol. The van der Waals surface area contributed by atoms with Gasteiger partial charge in [0.15, 0.2) is 0 Å². The maximum atomic E-state index is 14.2. The molecule has 1 aromatic rings. The lowest BCUT2D eigenvalue weighted by Crippen LogP contribution is -2.49. The Bertz CT molecular complexity index is 524. The van der Waals surface area contributed by atoms with Crippen molar-refractivity contribution >= 4 is 11.6 Å². The molecule has 2 fully saturated rings. The van der Waals surface area contributed by atoms with E-state index in [0.717, 1.165) is 12.8 Å². The smallest absolute Gasteiger partial charge is 0.129 e. The van der Waals surface area contributed by atoms with Crippen LogP contribution in [-0.4, -0.2) is 0 Å². The fraction of sp³-hybridized carbons (Fsp3) is 0.588. The van der Waals surface area contributed by atoms with Crippen LogP contribution in [-0.2, 0) is 5.41 Å². The van der Waals surface area contributed by atoms with Gasteiger partial charge < -0.3 is 0 Å². The predicted molar refractivity (Wildman–Crippen MR) is 78.1 cm³/mol. The van der Waals surface area contributed by atoms with Gasteiger partial charge in [-0.25, -0.2) is 4.39 Å². The molecule has 0 atom stereocenters. The van der Waals surface area contributed by atoms with E-state index in [2.05, 4.69) is 6.07 Å². The van der Waals surface area contributed by atoms with E-state index >= 15 is 0 Å². The molecule has 0 bridgehead atoms. The molecule has 106 valence electrons. The van der Waals surface area contributed by atoms with Crippen molar-refractivity contribution in [1.29, 1.82) is 5.26 Å². The average Bonchev–Trinajstić information content (AvgIpc) is 2.63. The van der Waals surface area contributed by atoms with Gasteiger partial charge in [-0.1, -0.05) is 43.4 Å². The molecule has 0 aliphatic heterocycles. The zero-order valence-corrected chi connectivity index (χ0v) is 12.3. The van der Waals surface area contributed by atoms with Crippen molar-refractivity contribution in [3.63, 3.8) is 0 Å². The molecule has 0 saturated heterocycles. The Labute approximate surface area is 124 Å². The van der Waals surface area contributed by atoms with E-state index in [1.165, 1.54) is 44.6 Å². The molecule has 2 aliphatic rings. The first-order chi connectivity index (χ1) is 9.61. The zero-order valence-electron chi connectivity index (χ0n) is 11.6. The Morgan fingerprint density at radius 2 is 1.75 bits per heavy atom. The highest BCUT2D eigenvalue weighted by atomic mass is 35.5. The summed E-state index contributed by atoms with van der Waals surface area (Å²) in [6.07, 6.45) is 8.99. The quantitative estimate of drug-likeness (QED) is 0.682. The molecular formula is C17H19ClFN. The van der Waals surface area contributed by atoms with Crippen LogP contribution in [0.3, 0.4) is 0 Å². The Hall–Kier alpha value is -1.07. The van der Waals surface area contributed by atoms with Gasteiger partial charge in [0, 0.05) is 10.6 Å². The first-order valence-corrected chi connectivity index (χ1v) is 7.84. The van der Waals surface area contributed by atoms with Crippen molar-refractivity contribution in [2.24, 2.45) is 5.41 Å². The third-order valence-corrected chi connectivity index (χ3v) is 5.49. The monoisotopic (exact) mass is 291 g/mol. The lowest BCUT2D eigenvalue weighted by molar-refractivity contribution is 0.0379. The van der Waals surface area contributed by atoms with Gasteiger partial charge in [0.25, 0.3) is 0 Å². The van der Waals surface area contributed by atoms with E-state index in [-0.39, 0.29) is 11.2 Å². The molecule has 0 aromatic heterocycles. The fourth-order valence-corrected chi connectivity index (χ4v) is 4.67. The first-order valence-electron chi connectivity index (χ1n) is 7.47. The Morgan fingerprint density at radius 1 is 1.10 bits per heavy atom. The fourth-order valence-electron chi connectivity index (χ4n) is 4.33. The van der Waals surface area contributed by atoms with Gasteiger partial charge in [-0.05, 0) is 43.2 Å². The van der Waals surface area contributed by atoms with Crippen LogP contribution in [0, 0.1) is 22.6 Å². The summed E-state index contributed by atoms with van der Waals surface area (Å²) in [5, 5.41) is 10.0. The highest BCUT2D eigenvalue weighted by Crippen LogP contribution is 2.62. The van der Waals surface area contributed by atoms with Crippen LogP contribution in [0.1, 0.15) is 56.9 Å². The van der Waals surface area contributed by atoms with Gasteiger partial charge in [0.2, 0.25) is 0 Å². The summed E-state index contributed by atoms with van der Waals surface area (Å²) in [5.74, 6) is -0.331. The lowest BCUT2D eigenvalue weighted by Gasteiger charge is -2.53. The van der Waals surface area contributed by atoms with Crippen LogP contribution in [0.25, 0.3) is 0 Å². The molecule has 0 radical (unpaired) electrons. The van der Waals surface area contributed by atoms with Gasteiger partial charge in [0.1, 0.15) is 5.82 Å². The van der Waals surface area contributed by atoms with Gasteiger partial charge in [-0.15, -0.1) is 0 Å². The minimum atomic E-state index is -0.702. The maximum absolute atomic E-state index is 14.2. The second kappa shape index (κ2) is 5.04. The minimum Gasteiger partial charge on any atom is -0.207 e. The van der Waals surface area contributed by atoms with Crippen LogP contribution in [0.15, 0.2) is 18.2 Å². The van der Waals surface area contributed by atoms with Gasteiger partial charge in [-0.2, -0.15) is 5.26 Å². The molecule has 0 unspecified atom stereocenters. The second-order valence-electron chi connectivity index (χ2n) is 6.56. The minimum absolute atomic E-state index is 0.262. The van der Waals surface area contributed by atoms with Crippen molar-refractivity contribution in [1.82, 2.24) is 0 Å². The van der Waals surface area contributed by atoms with Gasteiger partial charge >= 0.3 is 0 Å². The molecule has 2 aliphatic carbocycles. The lowest BCUT2D eigenvalue weighted by atomic mass is 9.48. The van der Waals surface area contributed by atoms with Crippen LogP contribution in [0.2, 0.25) is 5.02 Å². The van der Waals surface area contributed by atoms with E-state index in [0.29, 0.717) is 10.6 Å². The normalized spacial score (nSPS) is 23.6. The van der Waals surface area contributed by atoms with Crippen LogP contribution >= 0.6 is 11.6 Å². The highest BCUT2D eigenvalue weighted by molar-refractivity contribution is 6.31. The van der Waals surface area contributed by atoms with Crippen molar-refractivity contribution in [2.75, 3.05) is 0 Å². The summed E-state index contributed by atoms with van der Waals surface area (Å²) in [5.41, 5.74) is -0.0102. The van der Waals surface area contributed by atoms with Crippen LogP contribution < -0.4 is 0 Å². The van der Waals surface area contributed by atoms with Crippen molar-refractivity contribution < 1.29 is 4.39 Å². The number of hydrogen-bond acceptors (Lipinski definition) is 1. The highest BCUT2D eigenvalue weighted by Gasteiger charge is 2.56. The predicted octanol–water partition coefficient (Wildman–Crippen LogP) is 5.37. The van der Waals surface area contributed by atoms with Crippen LogP contribution in [0.5, 0.6) is 0 Å². The maximum Gasteiger partial charge on any atom is 0.129 e. The third kappa shape index (κ3) is 2.13.